The average molecular weight is 278 g/mol. The number of nitrogens with one attached hydrogen (secondary N) is 1. The number of hydrogen-bond donors (Lipinski definition) is 1. The van der Waals surface area contributed by atoms with E-state index in [2.05, 4.69) is 10.3 Å². The second kappa shape index (κ2) is 5.63. The number of benzene rings is 1. The van der Waals surface area contributed by atoms with Gasteiger partial charge in [-0.2, -0.15) is 5.26 Å². The van der Waals surface area contributed by atoms with E-state index in [0.717, 1.165) is 5.56 Å². The van der Waals surface area contributed by atoms with E-state index in [1.54, 1.807) is 6.07 Å². The maximum absolute atomic E-state index is 11.3. The summed E-state index contributed by atoms with van der Waals surface area (Å²) in [6.45, 7) is 0. The highest BCUT2D eigenvalue weighted by Crippen LogP contribution is 2.34. The van der Waals surface area contributed by atoms with Gasteiger partial charge in [0.2, 0.25) is 5.91 Å². The Morgan fingerprint density at radius 3 is 2.83 bits per heavy atom. The summed E-state index contributed by atoms with van der Waals surface area (Å²) in [6.07, 6.45) is -0.197. The lowest BCUT2D eigenvalue weighted by Crippen LogP contribution is -2.09. The Labute approximate surface area is 113 Å². The third-order valence-corrected chi connectivity index (χ3v) is 3.29. The second-order valence-corrected chi connectivity index (χ2v) is 4.99. The number of amides is 1. The van der Waals surface area contributed by atoms with Gasteiger partial charge in [-0.05, 0) is 0 Å². The van der Waals surface area contributed by atoms with E-state index in [1.165, 1.54) is 11.3 Å². The van der Waals surface area contributed by atoms with Crippen LogP contribution in [0.5, 0.6) is 0 Å². The maximum atomic E-state index is 11.3. The van der Waals surface area contributed by atoms with E-state index >= 15 is 0 Å². The van der Waals surface area contributed by atoms with Gasteiger partial charge in [-0.1, -0.05) is 53.3 Å². The summed E-state index contributed by atoms with van der Waals surface area (Å²) < 4.78 is 0.508. The van der Waals surface area contributed by atoms with Crippen LogP contribution in [-0.4, -0.2) is 10.9 Å². The summed E-state index contributed by atoms with van der Waals surface area (Å²) in [7, 11) is 0. The smallest absolute Gasteiger partial charge is 0.240 e. The van der Waals surface area contributed by atoms with Gasteiger partial charge in [-0.25, -0.2) is 4.98 Å². The average Bonchev–Trinajstić information content (AvgIpc) is 2.71. The van der Waals surface area contributed by atoms with E-state index in [4.69, 9.17) is 16.9 Å². The molecule has 0 unspecified atom stereocenters. The minimum Gasteiger partial charge on any atom is -0.301 e. The topological polar surface area (TPSA) is 65.8 Å². The van der Waals surface area contributed by atoms with E-state index in [-0.39, 0.29) is 12.3 Å². The molecule has 0 bridgehead atoms. The lowest BCUT2D eigenvalue weighted by Gasteiger charge is -1.96. The summed E-state index contributed by atoms with van der Waals surface area (Å²) >= 11 is 7.26. The first kappa shape index (κ1) is 12.6. The van der Waals surface area contributed by atoms with Crippen LogP contribution in [0, 0.1) is 11.3 Å². The van der Waals surface area contributed by atoms with Crippen molar-refractivity contribution in [3.05, 3.63) is 34.7 Å². The molecule has 0 aliphatic heterocycles. The summed E-state index contributed by atoms with van der Waals surface area (Å²) in [5.41, 5.74) is 1.52. The Bertz CT molecular complexity index is 604. The van der Waals surface area contributed by atoms with Gasteiger partial charge in [0.1, 0.15) is 16.5 Å². The van der Waals surface area contributed by atoms with Crippen molar-refractivity contribution >= 4 is 34.0 Å². The Kier molecular flexibility index (Phi) is 3.92. The summed E-state index contributed by atoms with van der Waals surface area (Å²) in [5, 5.41) is 11.3. The molecule has 0 aliphatic rings. The molecule has 18 heavy (non-hydrogen) atoms. The van der Waals surface area contributed by atoms with Crippen molar-refractivity contribution in [2.75, 3.05) is 5.32 Å². The zero-order chi connectivity index (χ0) is 13.0. The number of carbonyl (C=O) groups is 1. The van der Waals surface area contributed by atoms with Gasteiger partial charge in [0.05, 0.1) is 6.07 Å². The lowest BCUT2D eigenvalue weighted by atomic mass is 10.2. The van der Waals surface area contributed by atoms with Crippen molar-refractivity contribution in [2.24, 2.45) is 0 Å². The summed E-state index contributed by atoms with van der Waals surface area (Å²) in [6, 6.07) is 11.2. The molecule has 2 aromatic rings. The first-order valence-electron chi connectivity index (χ1n) is 5.09. The van der Waals surface area contributed by atoms with Crippen LogP contribution in [0.25, 0.3) is 11.3 Å². The number of rotatable bonds is 3. The van der Waals surface area contributed by atoms with Crippen molar-refractivity contribution in [2.45, 2.75) is 6.42 Å². The van der Waals surface area contributed by atoms with Crippen molar-refractivity contribution in [1.82, 2.24) is 4.98 Å². The fourth-order valence-corrected chi connectivity index (χ4v) is 2.47. The number of halogens is 1. The van der Waals surface area contributed by atoms with Crippen LogP contribution >= 0.6 is 22.9 Å². The van der Waals surface area contributed by atoms with Crippen LogP contribution in [0.1, 0.15) is 6.42 Å². The molecule has 1 aromatic heterocycles. The molecule has 1 N–H and O–H groups in total. The third-order valence-electron chi connectivity index (χ3n) is 2.12. The predicted molar refractivity (Wildman–Crippen MR) is 71.4 cm³/mol. The first-order valence-corrected chi connectivity index (χ1v) is 6.28. The highest BCUT2D eigenvalue weighted by Gasteiger charge is 2.12. The minimum absolute atomic E-state index is 0.197. The number of anilines is 1. The van der Waals surface area contributed by atoms with E-state index in [1.807, 2.05) is 30.3 Å². The molecule has 0 atom stereocenters. The van der Waals surface area contributed by atoms with Crippen molar-refractivity contribution in [1.29, 1.82) is 5.26 Å². The van der Waals surface area contributed by atoms with Crippen LogP contribution in [0.4, 0.5) is 5.13 Å². The zero-order valence-electron chi connectivity index (χ0n) is 9.18. The number of thiazole rings is 1. The van der Waals surface area contributed by atoms with Gasteiger partial charge >= 0.3 is 0 Å². The first-order chi connectivity index (χ1) is 8.70. The molecule has 6 heteroatoms. The summed E-state index contributed by atoms with van der Waals surface area (Å²) in [5.74, 6) is -0.387. The van der Waals surface area contributed by atoms with Crippen LogP contribution in [0.3, 0.4) is 0 Å². The lowest BCUT2D eigenvalue weighted by molar-refractivity contribution is -0.115. The van der Waals surface area contributed by atoms with E-state index in [9.17, 15) is 4.79 Å². The van der Waals surface area contributed by atoms with Gasteiger partial charge in [0.25, 0.3) is 0 Å². The monoisotopic (exact) mass is 277 g/mol. The predicted octanol–water partition coefficient (Wildman–Crippen LogP) is 3.32. The Balaban J connectivity index is 2.23. The molecule has 4 nitrogen and oxygen atoms in total. The molecule has 1 amide bonds. The molecule has 0 fully saturated rings. The van der Waals surface area contributed by atoms with Crippen molar-refractivity contribution < 1.29 is 4.79 Å². The van der Waals surface area contributed by atoms with Crippen LogP contribution < -0.4 is 5.32 Å². The maximum Gasteiger partial charge on any atom is 0.240 e. The largest absolute Gasteiger partial charge is 0.301 e. The van der Waals surface area contributed by atoms with Crippen LogP contribution in [0.2, 0.25) is 4.34 Å². The number of nitriles is 1. The molecule has 1 heterocycles. The molecular weight excluding hydrogens is 270 g/mol. The molecule has 0 saturated carbocycles. The molecule has 0 saturated heterocycles. The van der Waals surface area contributed by atoms with Gasteiger partial charge in [0, 0.05) is 5.56 Å². The molecule has 0 aliphatic carbocycles. The highest BCUT2D eigenvalue weighted by molar-refractivity contribution is 7.20. The Morgan fingerprint density at radius 1 is 1.44 bits per heavy atom. The fourth-order valence-electron chi connectivity index (χ4n) is 1.36. The molecule has 0 spiro atoms. The molecule has 2 rings (SSSR count). The van der Waals surface area contributed by atoms with Gasteiger partial charge in [-0.3, -0.25) is 4.79 Å². The quantitative estimate of drug-likeness (QED) is 0.936. The van der Waals surface area contributed by atoms with Gasteiger partial charge in [0.15, 0.2) is 5.13 Å². The fraction of sp³-hybridized carbons (Fsp3) is 0.0833. The normalized spacial score (nSPS) is 9.78. The van der Waals surface area contributed by atoms with E-state index < -0.39 is 0 Å². The highest BCUT2D eigenvalue weighted by atomic mass is 35.5. The zero-order valence-corrected chi connectivity index (χ0v) is 10.8. The van der Waals surface area contributed by atoms with Crippen molar-refractivity contribution in [3.63, 3.8) is 0 Å². The number of hydrogen-bond acceptors (Lipinski definition) is 4. The van der Waals surface area contributed by atoms with E-state index in [0.29, 0.717) is 15.2 Å². The standard InChI is InChI=1S/C12H8ClN3OS/c13-11-10(8-4-2-1-3-5-8)16-12(18-11)15-9(17)6-7-14/h1-5H,6H2,(H,15,16,17). The van der Waals surface area contributed by atoms with Gasteiger partial charge in [-0.15, -0.1) is 0 Å². The van der Waals surface area contributed by atoms with Gasteiger partial charge < -0.3 is 5.32 Å². The minimum atomic E-state index is -0.387. The number of aromatic nitrogens is 1. The molecule has 90 valence electrons. The molecule has 1 aromatic carbocycles. The SMILES string of the molecule is N#CCC(=O)Nc1nc(-c2ccccc2)c(Cl)s1. The van der Waals surface area contributed by atoms with Crippen molar-refractivity contribution in [3.8, 4) is 17.3 Å². The molecular formula is C12H8ClN3OS. The van der Waals surface area contributed by atoms with Crippen LogP contribution in [-0.2, 0) is 4.79 Å². The van der Waals surface area contributed by atoms with Crippen LogP contribution in [0.15, 0.2) is 30.3 Å². The third kappa shape index (κ3) is 2.86. The Hall–Kier alpha value is -1.90. The second-order valence-electron chi connectivity index (χ2n) is 3.39. The Morgan fingerprint density at radius 2 is 2.17 bits per heavy atom. The number of carbonyl (C=O) groups excluding carboxylic acids is 1. The molecule has 0 radical (unpaired) electrons. The number of nitrogens with zero attached hydrogens (tertiary/aromatic N) is 2. The summed E-state index contributed by atoms with van der Waals surface area (Å²) in [4.78, 5) is 15.5.